The van der Waals surface area contributed by atoms with Crippen molar-refractivity contribution in [3.05, 3.63) is 43.0 Å². The quantitative estimate of drug-likeness (QED) is 0.543. The van der Waals surface area contributed by atoms with Gasteiger partial charge in [0.2, 0.25) is 15.9 Å². The number of sulfonamides is 1. The Labute approximate surface area is 126 Å². The van der Waals surface area contributed by atoms with Crippen LogP contribution in [0, 0.1) is 0 Å². The van der Waals surface area contributed by atoms with Crippen LogP contribution in [0.4, 0.5) is 0 Å². The Morgan fingerprint density at radius 2 is 1.86 bits per heavy atom. The van der Waals surface area contributed by atoms with Gasteiger partial charge in [0.25, 0.3) is 0 Å². The van der Waals surface area contributed by atoms with Gasteiger partial charge in [0.05, 0.1) is 11.4 Å². The monoisotopic (exact) mass is 310 g/mol. The summed E-state index contributed by atoms with van der Waals surface area (Å²) >= 11 is 0. The minimum atomic E-state index is -3.62. The van der Waals surface area contributed by atoms with Gasteiger partial charge < -0.3 is 4.90 Å². The molecule has 0 N–H and O–H groups in total. The maximum Gasteiger partial charge on any atom is 0.243 e. The van der Waals surface area contributed by atoms with E-state index >= 15 is 0 Å². The molecule has 1 aromatic rings. The van der Waals surface area contributed by atoms with Gasteiger partial charge in [-0.2, -0.15) is 4.31 Å². The lowest BCUT2D eigenvalue weighted by atomic mass is 10.3. The molecule has 0 spiro atoms. The van der Waals surface area contributed by atoms with Crippen LogP contribution in [0.3, 0.4) is 0 Å². The highest BCUT2D eigenvalue weighted by Crippen LogP contribution is 2.13. The van der Waals surface area contributed by atoms with Crippen molar-refractivity contribution < 1.29 is 13.2 Å². The molecule has 0 unspecified atom stereocenters. The Morgan fingerprint density at radius 1 is 1.24 bits per heavy atom. The van der Waals surface area contributed by atoms with Gasteiger partial charge in [-0.3, -0.25) is 4.79 Å². The van der Waals surface area contributed by atoms with E-state index in [1.807, 2.05) is 0 Å². The summed E-state index contributed by atoms with van der Waals surface area (Å²) < 4.78 is 25.7. The van der Waals surface area contributed by atoms with Gasteiger partial charge in [-0.1, -0.05) is 24.3 Å². The molecular formula is C15H22N2O3S. The SMILES string of the molecule is C=CCCCN(C)C(=O)CN(C)S(=O)(=O)c1ccccc1. The summed E-state index contributed by atoms with van der Waals surface area (Å²) in [5.41, 5.74) is 0. The molecule has 0 saturated carbocycles. The molecule has 1 rings (SSSR count). The van der Waals surface area contributed by atoms with Gasteiger partial charge in [0.15, 0.2) is 0 Å². The number of rotatable bonds is 8. The molecule has 0 heterocycles. The molecule has 6 heteroatoms. The second-order valence-corrected chi connectivity index (χ2v) is 6.87. The summed E-state index contributed by atoms with van der Waals surface area (Å²) in [6, 6.07) is 8.10. The summed E-state index contributed by atoms with van der Waals surface area (Å²) in [4.78, 5) is 13.8. The van der Waals surface area contributed by atoms with E-state index in [-0.39, 0.29) is 17.3 Å². The van der Waals surface area contributed by atoms with Crippen molar-refractivity contribution in [1.29, 1.82) is 0 Å². The molecule has 5 nitrogen and oxygen atoms in total. The third-order valence-corrected chi connectivity index (χ3v) is 4.95. The van der Waals surface area contributed by atoms with Crippen molar-refractivity contribution in [1.82, 2.24) is 9.21 Å². The molecule has 0 saturated heterocycles. The Bertz CT molecular complexity index is 570. The van der Waals surface area contributed by atoms with Crippen molar-refractivity contribution in [3.63, 3.8) is 0 Å². The van der Waals surface area contributed by atoms with Crippen molar-refractivity contribution in [2.45, 2.75) is 17.7 Å². The molecule has 116 valence electrons. The molecule has 1 aromatic carbocycles. The fourth-order valence-corrected chi connectivity index (χ4v) is 2.91. The first-order valence-corrected chi connectivity index (χ1v) is 8.20. The lowest BCUT2D eigenvalue weighted by Crippen LogP contribution is -2.39. The number of likely N-dealkylation sites (N-methyl/N-ethyl adjacent to an activating group) is 2. The Morgan fingerprint density at radius 3 is 2.43 bits per heavy atom. The molecule has 21 heavy (non-hydrogen) atoms. The topological polar surface area (TPSA) is 57.7 Å². The Hall–Kier alpha value is -1.66. The molecule has 0 bridgehead atoms. The van der Waals surface area contributed by atoms with Crippen LogP contribution in [-0.4, -0.2) is 50.7 Å². The molecule has 1 amide bonds. The fourth-order valence-electron chi connectivity index (χ4n) is 1.77. The van der Waals surface area contributed by atoms with Gasteiger partial charge >= 0.3 is 0 Å². The lowest BCUT2D eigenvalue weighted by molar-refractivity contribution is -0.129. The van der Waals surface area contributed by atoms with Crippen LogP contribution in [0.1, 0.15) is 12.8 Å². The highest BCUT2D eigenvalue weighted by Gasteiger charge is 2.23. The molecule has 0 fully saturated rings. The molecule has 0 radical (unpaired) electrons. The van der Waals surface area contributed by atoms with Crippen LogP contribution in [0.15, 0.2) is 47.9 Å². The number of carbonyl (C=O) groups is 1. The first-order chi connectivity index (χ1) is 9.89. The second kappa shape index (κ2) is 7.95. The van der Waals surface area contributed by atoms with Crippen LogP contribution in [-0.2, 0) is 14.8 Å². The van der Waals surface area contributed by atoms with Crippen molar-refractivity contribution in [2.24, 2.45) is 0 Å². The van der Waals surface area contributed by atoms with E-state index in [0.29, 0.717) is 6.54 Å². The number of unbranched alkanes of at least 4 members (excludes halogenated alkanes) is 1. The summed E-state index contributed by atoms with van der Waals surface area (Å²) in [6.45, 7) is 4.05. The van der Waals surface area contributed by atoms with E-state index in [9.17, 15) is 13.2 Å². The van der Waals surface area contributed by atoms with Crippen LogP contribution in [0.2, 0.25) is 0 Å². The van der Waals surface area contributed by atoms with Gasteiger partial charge in [-0.25, -0.2) is 8.42 Å². The van der Waals surface area contributed by atoms with E-state index in [2.05, 4.69) is 6.58 Å². The number of hydrogen-bond donors (Lipinski definition) is 0. The van der Waals surface area contributed by atoms with E-state index in [1.165, 1.54) is 19.2 Å². The number of benzene rings is 1. The maximum atomic E-state index is 12.3. The third kappa shape index (κ3) is 4.99. The average Bonchev–Trinajstić information content (AvgIpc) is 2.48. The van der Waals surface area contributed by atoms with Crippen molar-refractivity contribution >= 4 is 15.9 Å². The van der Waals surface area contributed by atoms with Gasteiger partial charge in [0, 0.05) is 20.6 Å². The van der Waals surface area contributed by atoms with Crippen LogP contribution in [0.25, 0.3) is 0 Å². The molecule has 0 aromatic heterocycles. The second-order valence-electron chi connectivity index (χ2n) is 4.82. The third-order valence-electron chi connectivity index (χ3n) is 3.14. The molecule has 0 aliphatic heterocycles. The van der Waals surface area contributed by atoms with E-state index < -0.39 is 10.0 Å². The van der Waals surface area contributed by atoms with Gasteiger partial charge in [-0.05, 0) is 25.0 Å². The largest absolute Gasteiger partial charge is 0.345 e. The minimum absolute atomic E-state index is 0.165. The zero-order valence-corrected chi connectivity index (χ0v) is 13.3. The Balaban J connectivity index is 2.65. The van der Waals surface area contributed by atoms with Crippen LogP contribution in [0.5, 0.6) is 0 Å². The number of allylic oxidation sites excluding steroid dienone is 1. The first-order valence-electron chi connectivity index (χ1n) is 6.76. The highest BCUT2D eigenvalue weighted by atomic mass is 32.2. The lowest BCUT2D eigenvalue weighted by Gasteiger charge is -2.21. The zero-order chi connectivity index (χ0) is 15.9. The molecule has 0 aliphatic carbocycles. The van der Waals surface area contributed by atoms with Crippen molar-refractivity contribution in [2.75, 3.05) is 27.2 Å². The van der Waals surface area contributed by atoms with E-state index in [1.54, 1.807) is 36.2 Å². The standard InChI is InChI=1S/C15H22N2O3S/c1-4-5-9-12-16(2)15(18)13-17(3)21(19,20)14-10-7-6-8-11-14/h4,6-8,10-11H,1,5,9,12-13H2,2-3H3. The summed E-state index contributed by atoms with van der Waals surface area (Å²) in [5.74, 6) is -0.221. The summed E-state index contributed by atoms with van der Waals surface area (Å²) in [5, 5.41) is 0. The smallest absolute Gasteiger partial charge is 0.243 e. The molecular weight excluding hydrogens is 288 g/mol. The summed E-state index contributed by atoms with van der Waals surface area (Å²) in [7, 11) is -0.534. The normalized spacial score (nSPS) is 11.4. The van der Waals surface area contributed by atoms with E-state index in [0.717, 1.165) is 17.1 Å². The fraction of sp³-hybridized carbons (Fsp3) is 0.400. The Kier molecular flexibility index (Phi) is 6.58. The number of carbonyl (C=O) groups excluding carboxylic acids is 1. The van der Waals surface area contributed by atoms with E-state index in [4.69, 9.17) is 0 Å². The predicted octanol–water partition coefficient (Wildman–Crippen LogP) is 1.73. The minimum Gasteiger partial charge on any atom is -0.345 e. The average molecular weight is 310 g/mol. The summed E-state index contributed by atoms with van der Waals surface area (Å²) in [6.07, 6.45) is 3.45. The highest BCUT2D eigenvalue weighted by molar-refractivity contribution is 7.89. The molecule has 0 aliphatic rings. The zero-order valence-electron chi connectivity index (χ0n) is 12.5. The number of amides is 1. The maximum absolute atomic E-state index is 12.3. The first kappa shape index (κ1) is 17.4. The number of hydrogen-bond acceptors (Lipinski definition) is 3. The number of nitrogens with zero attached hydrogens (tertiary/aromatic N) is 2. The van der Waals surface area contributed by atoms with Crippen molar-refractivity contribution in [3.8, 4) is 0 Å². The van der Waals surface area contributed by atoms with Crippen LogP contribution < -0.4 is 0 Å². The van der Waals surface area contributed by atoms with Gasteiger partial charge in [0.1, 0.15) is 0 Å². The van der Waals surface area contributed by atoms with Crippen LogP contribution >= 0.6 is 0 Å². The molecule has 0 atom stereocenters. The van der Waals surface area contributed by atoms with Gasteiger partial charge in [-0.15, -0.1) is 6.58 Å². The predicted molar refractivity (Wildman–Crippen MR) is 83.3 cm³/mol.